The quantitative estimate of drug-likeness (QED) is 0.565. The van der Waals surface area contributed by atoms with E-state index in [2.05, 4.69) is 51.3 Å². The van der Waals surface area contributed by atoms with Gasteiger partial charge in [0.25, 0.3) is 0 Å². The fourth-order valence-electron chi connectivity index (χ4n) is 3.72. The van der Waals surface area contributed by atoms with Crippen molar-refractivity contribution in [2.75, 3.05) is 6.54 Å². The van der Waals surface area contributed by atoms with Crippen LogP contribution in [0, 0.1) is 0 Å². The third-order valence-corrected chi connectivity index (χ3v) is 5.17. The molecule has 0 aliphatic carbocycles. The van der Waals surface area contributed by atoms with Gasteiger partial charge in [-0.3, -0.25) is 4.90 Å². The van der Waals surface area contributed by atoms with Crippen LogP contribution >= 0.6 is 0 Å². The molecule has 0 radical (unpaired) electrons. The highest BCUT2D eigenvalue weighted by Gasteiger charge is 2.15. The molecule has 1 aliphatic rings. The number of aromatic amines is 1. The van der Waals surface area contributed by atoms with Crippen molar-refractivity contribution < 1.29 is 4.74 Å². The minimum absolute atomic E-state index is 0.812. The van der Waals surface area contributed by atoms with Crippen molar-refractivity contribution in [1.29, 1.82) is 0 Å². The Labute approximate surface area is 158 Å². The van der Waals surface area contributed by atoms with E-state index in [1.807, 2.05) is 30.3 Å². The Morgan fingerprint density at radius 1 is 0.926 bits per heavy atom. The predicted molar refractivity (Wildman–Crippen MR) is 107 cm³/mol. The molecule has 4 aromatic rings. The van der Waals surface area contributed by atoms with Crippen LogP contribution in [0.1, 0.15) is 16.7 Å². The monoisotopic (exact) mass is 355 g/mol. The number of aromatic nitrogens is 2. The number of hydrogen-bond donors (Lipinski definition) is 1. The predicted octanol–water partition coefficient (Wildman–Crippen LogP) is 4.91. The highest BCUT2D eigenvalue weighted by molar-refractivity contribution is 5.76. The first-order valence-corrected chi connectivity index (χ1v) is 9.32. The minimum atomic E-state index is 0.812. The number of rotatable bonds is 4. The van der Waals surface area contributed by atoms with Crippen molar-refractivity contribution in [1.82, 2.24) is 14.9 Å². The molecule has 27 heavy (non-hydrogen) atoms. The zero-order valence-corrected chi connectivity index (χ0v) is 15.1. The summed E-state index contributed by atoms with van der Waals surface area (Å²) in [6.07, 6.45) is 2.83. The van der Waals surface area contributed by atoms with Crippen molar-refractivity contribution in [2.45, 2.75) is 19.5 Å². The van der Waals surface area contributed by atoms with E-state index >= 15 is 0 Å². The van der Waals surface area contributed by atoms with E-state index in [1.54, 1.807) is 6.33 Å². The van der Waals surface area contributed by atoms with Crippen molar-refractivity contribution in [3.8, 4) is 11.5 Å². The number of H-pyrrole nitrogens is 1. The summed E-state index contributed by atoms with van der Waals surface area (Å²) >= 11 is 0. The lowest BCUT2D eigenvalue weighted by Crippen LogP contribution is -2.29. The van der Waals surface area contributed by atoms with E-state index in [1.165, 1.54) is 16.7 Å². The third kappa shape index (κ3) is 3.44. The molecule has 0 saturated heterocycles. The van der Waals surface area contributed by atoms with Crippen molar-refractivity contribution in [3.05, 3.63) is 89.7 Å². The topological polar surface area (TPSA) is 41.1 Å². The van der Waals surface area contributed by atoms with Gasteiger partial charge in [0, 0.05) is 25.7 Å². The second-order valence-electron chi connectivity index (χ2n) is 7.06. The van der Waals surface area contributed by atoms with Gasteiger partial charge in [-0.15, -0.1) is 0 Å². The summed E-state index contributed by atoms with van der Waals surface area (Å²) in [7, 11) is 0. The van der Waals surface area contributed by atoms with Crippen molar-refractivity contribution >= 4 is 11.0 Å². The maximum Gasteiger partial charge on any atom is 0.129 e. The molecule has 0 spiro atoms. The fourth-order valence-corrected chi connectivity index (χ4v) is 3.72. The van der Waals surface area contributed by atoms with Crippen molar-refractivity contribution in [2.24, 2.45) is 0 Å². The molecule has 1 aromatic heterocycles. The Morgan fingerprint density at radius 3 is 2.63 bits per heavy atom. The molecule has 3 aromatic carbocycles. The molecule has 4 heteroatoms. The van der Waals surface area contributed by atoms with Crippen LogP contribution in [0.5, 0.6) is 11.5 Å². The van der Waals surface area contributed by atoms with Gasteiger partial charge in [0.1, 0.15) is 11.5 Å². The molecule has 0 unspecified atom stereocenters. The molecule has 5 rings (SSSR count). The van der Waals surface area contributed by atoms with E-state index in [9.17, 15) is 0 Å². The molecule has 0 amide bonds. The average molecular weight is 355 g/mol. The van der Waals surface area contributed by atoms with E-state index in [-0.39, 0.29) is 0 Å². The number of benzene rings is 3. The molecule has 1 aliphatic heterocycles. The van der Waals surface area contributed by atoms with Gasteiger partial charge < -0.3 is 9.72 Å². The standard InChI is InChI=1S/C23H21N3O/c1-2-4-19-15-26(12-11-18(19)3-1)14-17-5-7-20(8-6-17)27-21-9-10-22-23(13-21)25-16-24-22/h1-10,13,16H,11-12,14-15H2,(H,24,25). The van der Waals surface area contributed by atoms with E-state index in [0.29, 0.717) is 0 Å². The SMILES string of the molecule is c1ccc2c(c1)CCN(Cc1ccc(Oc3ccc4nc[nH]c4c3)cc1)C2. The van der Waals surface area contributed by atoms with Crippen LogP contribution in [0.25, 0.3) is 11.0 Å². The van der Waals surface area contributed by atoms with E-state index in [4.69, 9.17) is 4.74 Å². The summed E-state index contributed by atoms with van der Waals surface area (Å²) in [5.41, 5.74) is 6.19. The Hall–Kier alpha value is -3.11. The highest BCUT2D eigenvalue weighted by atomic mass is 16.5. The zero-order chi connectivity index (χ0) is 18.1. The molecule has 0 atom stereocenters. The van der Waals surface area contributed by atoms with E-state index in [0.717, 1.165) is 48.6 Å². The number of nitrogens with zero attached hydrogens (tertiary/aromatic N) is 2. The summed E-state index contributed by atoms with van der Waals surface area (Å²) in [4.78, 5) is 9.85. The van der Waals surface area contributed by atoms with Crippen LogP contribution in [0.2, 0.25) is 0 Å². The van der Waals surface area contributed by atoms with Gasteiger partial charge in [0.05, 0.1) is 17.4 Å². The molecule has 0 fully saturated rings. The first kappa shape index (κ1) is 16.1. The Bertz CT molecular complexity index is 1070. The fraction of sp³-hybridized carbons (Fsp3) is 0.174. The van der Waals surface area contributed by atoms with Gasteiger partial charge in [0.15, 0.2) is 0 Å². The maximum atomic E-state index is 5.99. The lowest BCUT2D eigenvalue weighted by atomic mass is 9.99. The zero-order valence-electron chi connectivity index (χ0n) is 15.1. The molecule has 1 N–H and O–H groups in total. The largest absolute Gasteiger partial charge is 0.457 e. The van der Waals surface area contributed by atoms with Crippen LogP contribution in [0.15, 0.2) is 73.1 Å². The molecule has 4 nitrogen and oxygen atoms in total. The first-order valence-electron chi connectivity index (χ1n) is 9.32. The normalized spacial score (nSPS) is 14.2. The number of nitrogens with one attached hydrogen (secondary N) is 1. The average Bonchev–Trinajstić information content (AvgIpc) is 3.17. The maximum absolute atomic E-state index is 5.99. The Balaban J connectivity index is 1.25. The Morgan fingerprint density at radius 2 is 1.74 bits per heavy atom. The molecular formula is C23H21N3O. The van der Waals surface area contributed by atoms with Crippen LogP contribution in [-0.2, 0) is 19.5 Å². The lowest BCUT2D eigenvalue weighted by Gasteiger charge is -2.28. The molecule has 0 saturated carbocycles. The minimum Gasteiger partial charge on any atom is -0.457 e. The summed E-state index contributed by atoms with van der Waals surface area (Å²) < 4.78 is 5.99. The third-order valence-electron chi connectivity index (χ3n) is 5.17. The van der Waals surface area contributed by atoms with Gasteiger partial charge in [-0.25, -0.2) is 4.98 Å². The highest BCUT2D eigenvalue weighted by Crippen LogP contribution is 2.25. The number of hydrogen-bond acceptors (Lipinski definition) is 3. The molecule has 2 heterocycles. The van der Waals surface area contributed by atoms with Crippen LogP contribution < -0.4 is 4.74 Å². The second kappa shape index (κ2) is 6.89. The number of fused-ring (bicyclic) bond motifs is 2. The van der Waals surface area contributed by atoms with Crippen LogP contribution in [0.3, 0.4) is 0 Å². The Kier molecular flexibility index (Phi) is 4.11. The van der Waals surface area contributed by atoms with Crippen molar-refractivity contribution in [3.63, 3.8) is 0 Å². The van der Waals surface area contributed by atoms with Gasteiger partial charge in [-0.05, 0) is 47.4 Å². The van der Waals surface area contributed by atoms with Crippen LogP contribution in [-0.4, -0.2) is 21.4 Å². The summed E-state index contributed by atoms with van der Waals surface area (Å²) in [6.45, 7) is 3.10. The lowest BCUT2D eigenvalue weighted by molar-refractivity contribution is 0.245. The number of imidazole rings is 1. The molecule has 134 valence electrons. The summed E-state index contributed by atoms with van der Waals surface area (Å²) in [5, 5.41) is 0. The van der Waals surface area contributed by atoms with Gasteiger partial charge in [0.2, 0.25) is 0 Å². The number of ether oxygens (including phenoxy) is 1. The van der Waals surface area contributed by atoms with Gasteiger partial charge in [-0.2, -0.15) is 0 Å². The first-order chi connectivity index (χ1) is 13.3. The van der Waals surface area contributed by atoms with E-state index < -0.39 is 0 Å². The second-order valence-corrected chi connectivity index (χ2v) is 7.06. The molecular weight excluding hydrogens is 334 g/mol. The summed E-state index contributed by atoms with van der Waals surface area (Å²) in [6, 6.07) is 23.1. The summed E-state index contributed by atoms with van der Waals surface area (Å²) in [5.74, 6) is 1.66. The van der Waals surface area contributed by atoms with Crippen LogP contribution in [0.4, 0.5) is 0 Å². The smallest absolute Gasteiger partial charge is 0.129 e. The van der Waals surface area contributed by atoms with Gasteiger partial charge in [-0.1, -0.05) is 36.4 Å². The molecule has 0 bridgehead atoms. The van der Waals surface area contributed by atoms with Gasteiger partial charge >= 0.3 is 0 Å².